The summed E-state index contributed by atoms with van der Waals surface area (Å²) in [6.07, 6.45) is 1.74. The second-order valence-corrected chi connectivity index (χ2v) is 4.36. The first-order valence-corrected chi connectivity index (χ1v) is 5.83. The van der Waals surface area contributed by atoms with E-state index in [9.17, 15) is 9.59 Å². The van der Waals surface area contributed by atoms with E-state index in [0.717, 1.165) is 5.75 Å². The zero-order chi connectivity index (χ0) is 11.8. The smallest absolute Gasteiger partial charge is 0.244 e. The van der Waals surface area contributed by atoms with Crippen LogP contribution in [-0.2, 0) is 9.59 Å². The van der Waals surface area contributed by atoms with Gasteiger partial charge in [0.2, 0.25) is 11.8 Å². The van der Waals surface area contributed by atoms with Gasteiger partial charge in [-0.1, -0.05) is 6.08 Å². The van der Waals surface area contributed by atoms with Crippen molar-refractivity contribution in [1.29, 1.82) is 0 Å². The minimum Gasteiger partial charge on any atom is -0.347 e. The molecular weight excluding hydrogens is 212 g/mol. The average molecular weight is 230 g/mol. The molecule has 0 saturated heterocycles. The van der Waals surface area contributed by atoms with Crippen LogP contribution in [0, 0.1) is 0 Å². The minimum absolute atomic E-state index is 0.0999. The van der Waals surface area contributed by atoms with Crippen molar-refractivity contribution in [1.82, 2.24) is 10.2 Å². The Morgan fingerprint density at radius 2 is 2.13 bits per heavy atom. The third-order valence-corrected chi connectivity index (χ3v) is 2.60. The van der Waals surface area contributed by atoms with E-state index < -0.39 is 6.04 Å². The van der Waals surface area contributed by atoms with Crippen molar-refractivity contribution in [2.75, 3.05) is 25.6 Å². The molecule has 0 aliphatic rings. The third-order valence-electron chi connectivity index (χ3n) is 1.66. The standard InChI is InChI=1S/C10H18N2O2S/c1-5-6-15-7-9(13)11-8(2)10(14)12(3)4/h5,8H,1,6-7H2,2-4H3,(H,11,13). The Kier molecular flexibility index (Phi) is 6.86. The Morgan fingerprint density at radius 3 is 2.60 bits per heavy atom. The molecule has 0 aromatic rings. The summed E-state index contributed by atoms with van der Waals surface area (Å²) < 4.78 is 0. The fraction of sp³-hybridized carbons (Fsp3) is 0.600. The van der Waals surface area contributed by atoms with Crippen molar-refractivity contribution in [3.05, 3.63) is 12.7 Å². The normalized spacial score (nSPS) is 11.7. The molecule has 2 amide bonds. The predicted molar refractivity (Wildman–Crippen MR) is 63.8 cm³/mol. The number of likely N-dealkylation sites (N-methyl/N-ethyl adjacent to an activating group) is 1. The van der Waals surface area contributed by atoms with Gasteiger partial charge in [-0.05, 0) is 6.92 Å². The van der Waals surface area contributed by atoms with Crippen LogP contribution >= 0.6 is 11.8 Å². The first-order valence-electron chi connectivity index (χ1n) is 4.68. The molecule has 5 heteroatoms. The van der Waals surface area contributed by atoms with Crippen molar-refractivity contribution in [3.8, 4) is 0 Å². The summed E-state index contributed by atoms with van der Waals surface area (Å²) in [5.74, 6) is 0.877. The van der Waals surface area contributed by atoms with Gasteiger partial charge in [0.1, 0.15) is 6.04 Å². The maximum Gasteiger partial charge on any atom is 0.244 e. The second kappa shape index (κ2) is 7.34. The van der Waals surface area contributed by atoms with Crippen molar-refractivity contribution in [2.45, 2.75) is 13.0 Å². The number of carbonyl (C=O) groups excluding carboxylic acids is 2. The van der Waals surface area contributed by atoms with E-state index in [1.54, 1.807) is 27.1 Å². The highest BCUT2D eigenvalue weighted by atomic mass is 32.2. The van der Waals surface area contributed by atoms with E-state index in [1.165, 1.54) is 16.7 Å². The number of nitrogens with zero attached hydrogens (tertiary/aromatic N) is 1. The lowest BCUT2D eigenvalue weighted by molar-refractivity contribution is -0.133. The summed E-state index contributed by atoms with van der Waals surface area (Å²) in [6.45, 7) is 5.24. The SMILES string of the molecule is C=CCSCC(=O)NC(C)C(=O)N(C)C. The molecule has 0 fully saturated rings. The quantitative estimate of drug-likeness (QED) is 0.534. The highest BCUT2D eigenvalue weighted by molar-refractivity contribution is 8.00. The molecule has 0 radical (unpaired) electrons. The fourth-order valence-corrected chi connectivity index (χ4v) is 1.52. The summed E-state index contributed by atoms with van der Waals surface area (Å²) >= 11 is 1.47. The fourth-order valence-electron chi connectivity index (χ4n) is 0.967. The van der Waals surface area contributed by atoms with Gasteiger partial charge in [0, 0.05) is 19.8 Å². The van der Waals surface area contributed by atoms with Crippen LogP contribution in [0.15, 0.2) is 12.7 Å². The Morgan fingerprint density at radius 1 is 1.53 bits per heavy atom. The summed E-state index contributed by atoms with van der Waals surface area (Å²) in [5, 5.41) is 2.63. The molecule has 0 aliphatic carbocycles. The number of hydrogen-bond donors (Lipinski definition) is 1. The van der Waals surface area contributed by atoms with Crippen molar-refractivity contribution < 1.29 is 9.59 Å². The first kappa shape index (κ1) is 14.0. The Bertz CT molecular complexity index is 242. The molecule has 1 N–H and O–H groups in total. The molecule has 0 rings (SSSR count). The predicted octanol–water partition coefficient (Wildman–Crippen LogP) is 0.498. The molecule has 1 atom stereocenters. The van der Waals surface area contributed by atoms with E-state index in [2.05, 4.69) is 11.9 Å². The van der Waals surface area contributed by atoms with Gasteiger partial charge in [-0.2, -0.15) is 0 Å². The van der Waals surface area contributed by atoms with Crippen LogP contribution in [0.1, 0.15) is 6.92 Å². The van der Waals surface area contributed by atoms with E-state index in [4.69, 9.17) is 0 Å². The van der Waals surface area contributed by atoms with Gasteiger partial charge in [-0.15, -0.1) is 18.3 Å². The van der Waals surface area contributed by atoms with E-state index in [-0.39, 0.29) is 11.8 Å². The van der Waals surface area contributed by atoms with Gasteiger partial charge in [0.05, 0.1) is 5.75 Å². The Labute approximate surface area is 95.1 Å². The summed E-state index contributed by atoms with van der Waals surface area (Å²) in [6, 6.07) is -0.461. The molecular formula is C10H18N2O2S. The summed E-state index contributed by atoms with van der Waals surface area (Å²) in [7, 11) is 3.33. The number of amides is 2. The average Bonchev–Trinajstić information content (AvgIpc) is 2.16. The highest BCUT2D eigenvalue weighted by Crippen LogP contribution is 1.99. The van der Waals surface area contributed by atoms with Crippen LogP contribution in [0.5, 0.6) is 0 Å². The molecule has 0 spiro atoms. The van der Waals surface area contributed by atoms with Gasteiger partial charge in [-0.3, -0.25) is 9.59 Å². The molecule has 0 aliphatic heterocycles. The number of nitrogens with one attached hydrogen (secondary N) is 1. The molecule has 0 aromatic heterocycles. The van der Waals surface area contributed by atoms with Crippen LogP contribution in [0.4, 0.5) is 0 Å². The van der Waals surface area contributed by atoms with Crippen molar-refractivity contribution >= 4 is 23.6 Å². The molecule has 86 valence electrons. The number of thioether (sulfide) groups is 1. The Hall–Kier alpha value is -0.970. The summed E-state index contributed by atoms with van der Waals surface area (Å²) in [4.78, 5) is 24.2. The number of carbonyl (C=O) groups is 2. The maximum atomic E-state index is 11.4. The maximum absolute atomic E-state index is 11.4. The van der Waals surface area contributed by atoms with Gasteiger partial charge < -0.3 is 10.2 Å². The first-order chi connectivity index (χ1) is 6.99. The zero-order valence-electron chi connectivity index (χ0n) is 9.45. The Balaban J connectivity index is 3.85. The lowest BCUT2D eigenvalue weighted by Crippen LogP contribution is -2.44. The van der Waals surface area contributed by atoms with E-state index in [1.807, 2.05) is 0 Å². The van der Waals surface area contributed by atoms with Crippen LogP contribution in [0.3, 0.4) is 0 Å². The highest BCUT2D eigenvalue weighted by Gasteiger charge is 2.16. The molecule has 15 heavy (non-hydrogen) atoms. The van der Waals surface area contributed by atoms with E-state index in [0.29, 0.717) is 5.75 Å². The minimum atomic E-state index is -0.461. The number of hydrogen-bond acceptors (Lipinski definition) is 3. The molecule has 4 nitrogen and oxygen atoms in total. The molecule has 0 aromatic carbocycles. The lowest BCUT2D eigenvalue weighted by Gasteiger charge is -2.17. The van der Waals surface area contributed by atoms with Crippen LogP contribution in [0.2, 0.25) is 0 Å². The van der Waals surface area contributed by atoms with Crippen LogP contribution < -0.4 is 5.32 Å². The molecule has 0 bridgehead atoms. The number of rotatable bonds is 6. The van der Waals surface area contributed by atoms with Gasteiger partial charge in [0.15, 0.2) is 0 Å². The molecule has 0 heterocycles. The van der Waals surface area contributed by atoms with Gasteiger partial charge >= 0.3 is 0 Å². The largest absolute Gasteiger partial charge is 0.347 e. The van der Waals surface area contributed by atoms with Crippen LogP contribution in [0.25, 0.3) is 0 Å². The lowest BCUT2D eigenvalue weighted by atomic mass is 10.3. The zero-order valence-corrected chi connectivity index (χ0v) is 10.3. The van der Waals surface area contributed by atoms with Gasteiger partial charge in [-0.25, -0.2) is 0 Å². The summed E-state index contributed by atoms with van der Waals surface area (Å²) in [5.41, 5.74) is 0. The van der Waals surface area contributed by atoms with Crippen molar-refractivity contribution in [3.63, 3.8) is 0 Å². The third kappa shape index (κ3) is 6.17. The van der Waals surface area contributed by atoms with E-state index >= 15 is 0 Å². The topological polar surface area (TPSA) is 49.4 Å². The monoisotopic (exact) mass is 230 g/mol. The van der Waals surface area contributed by atoms with Crippen LogP contribution in [-0.4, -0.2) is 48.4 Å². The van der Waals surface area contributed by atoms with Gasteiger partial charge in [0.25, 0.3) is 0 Å². The van der Waals surface area contributed by atoms with Crippen molar-refractivity contribution in [2.24, 2.45) is 0 Å². The molecule has 0 saturated carbocycles. The second-order valence-electron chi connectivity index (χ2n) is 3.33. The molecule has 1 unspecified atom stereocenters.